The van der Waals surface area contributed by atoms with Crippen LogP contribution in [0.1, 0.15) is 45.6 Å². The van der Waals surface area contributed by atoms with Gasteiger partial charge in [-0.3, -0.25) is 9.59 Å². The zero-order chi connectivity index (χ0) is 21.1. The van der Waals surface area contributed by atoms with E-state index >= 15 is 0 Å². The number of amides is 2. The summed E-state index contributed by atoms with van der Waals surface area (Å²) < 4.78 is 0. The van der Waals surface area contributed by atoms with E-state index in [-0.39, 0.29) is 23.7 Å². The van der Waals surface area contributed by atoms with E-state index in [1.54, 1.807) is 11.3 Å². The highest BCUT2D eigenvalue weighted by Crippen LogP contribution is 2.47. The fraction of sp³-hybridized carbons (Fsp3) is 0.208. The maximum Gasteiger partial charge on any atom is 0.256 e. The van der Waals surface area contributed by atoms with Gasteiger partial charge in [0.25, 0.3) is 5.91 Å². The third-order valence-electron chi connectivity index (χ3n) is 5.24. The number of hydrogen-bond acceptors (Lipinski definition) is 4. The number of thiophene rings is 1. The first-order valence-corrected chi connectivity index (χ1v) is 10.8. The molecule has 2 aromatic carbocycles. The molecule has 0 spiro atoms. The fourth-order valence-electron chi connectivity index (χ4n) is 3.40. The molecule has 0 bridgehead atoms. The third kappa shape index (κ3) is 4.66. The Kier molecular flexibility index (Phi) is 5.77. The quantitative estimate of drug-likeness (QED) is 0.440. The van der Waals surface area contributed by atoms with Crippen molar-refractivity contribution in [1.29, 1.82) is 0 Å². The average molecular weight is 418 g/mol. The second-order valence-corrected chi connectivity index (χ2v) is 8.63. The summed E-state index contributed by atoms with van der Waals surface area (Å²) in [5, 5.41) is 8.99. The zero-order valence-electron chi connectivity index (χ0n) is 16.9. The van der Waals surface area contributed by atoms with Crippen molar-refractivity contribution in [3.05, 3.63) is 87.6 Å². The van der Waals surface area contributed by atoms with Gasteiger partial charge in [0.1, 0.15) is 0 Å². The molecule has 1 aliphatic rings. The van der Waals surface area contributed by atoms with Crippen LogP contribution in [0, 0.1) is 12.8 Å². The summed E-state index contributed by atoms with van der Waals surface area (Å²) in [4.78, 5) is 25.7. The highest BCUT2D eigenvalue weighted by molar-refractivity contribution is 7.10. The lowest BCUT2D eigenvalue weighted by Crippen LogP contribution is -2.21. The Morgan fingerprint density at radius 2 is 1.77 bits per heavy atom. The minimum absolute atomic E-state index is 0.0118. The van der Waals surface area contributed by atoms with E-state index in [1.165, 1.54) is 5.56 Å². The SMILES string of the molecule is C/C(=N\NC(=O)C1CC1c1ccccc1)c1ccc(NC(=O)c2csc(C)c2)cc1. The first-order chi connectivity index (χ1) is 14.5. The van der Waals surface area contributed by atoms with E-state index < -0.39 is 0 Å². The van der Waals surface area contributed by atoms with Gasteiger partial charge in [-0.25, -0.2) is 5.43 Å². The normalized spacial score (nSPS) is 18.0. The first-order valence-electron chi connectivity index (χ1n) is 9.87. The molecule has 1 heterocycles. The maximum absolute atomic E-state index is 12.4. The van der Waals surface area contributed by atoms with Gasteiger partial charge < -0.3 is 5.32 Å². The molecule has 1 fully saturated rings. The number of anilines is 1. The molecule has 0 aliphatic heterocycles. The molecule has 1 aromatic heterocycles. The van der Waals surface area contributed by atoms with Gasteiger partial charge in [0, 0.05) is 21.9 Å². The maximum atomic E-state index is 12.4. The van der Waals surface area contributed by atoms with E-state index in [2.05, 4.69) is 28.0 Å². The average Bonchev–Trinajstić information content (AvgIpc) is 3.46. The molecule has 4 rings (SSSR count). The number of nitrogens with zero attached hydrogens (tertiary/aromatic N) is 1. The van der Waals surface area contributed by atoms with E-state index in [9.17, 15) is 9.59 Å². The lowest BCUT2D eigenvalue weighted by Gasteiger charge is -2.06. The van der Waals surface area contributed by atoms with Crippen LogP contribution in [0.2, 0.25) is 0 Å². The summed E-state index contributed by atoms with van der Waals surface area (Å²) >= 11 is 1.55. The highest BCUT2D eigenvalue weighted by atomic mass is 32.1. The molecular weight excluding hydrogens is 394 g/mol. The van der Waals surface area contributed by atoms with E-state index in [1.807, 2.05) is 67.8 Å². The van der Waals surface area contributed by atoms with Gasteiger partial charge in [0.15, 0.2) is 0 Å². The minimum atomic E-state index is -0.123. The number of hydrazone groups is 1. The van der Waals surface area contributed by atoms with Crippen molar-refractivity contribution in [2.75, 3.05) is 5.32 Å². The predicted octanol–water partition coefficient (Wildman–Crippen LogP) is 4.95. The Morgan fingerprint density at radius 3 is 2.43 bits per heavy atom. The number of aryl methyl sites for hydroxylation is 1. The number of hydrogen-bond donors (Lipinski definition) is 2. The van der Waals surface area contributed by atoms with Crippen LogP contribution in [0.4, 0.5) is 5.69 Å². The minimum Gasteiger partial charge on any atom is -0.322 e. The van der Waals surface area contributed by atoms with Crippen molar-refractivity contribution >= 4 is 34.6 Å². The van der Waals surface area contributed by atoms with Gasteiger partial charge in [0.05, 0.1) is 11.3 Å². The van der Waals surface area contributed by atoms with E-state index in [0.717, 1.165) is 16.9 Å². The van der Waals surface area contributed by atoms with Crippen LogP contribution in [0.15, 0.2) is 71.1 Å². The number of rotatable bonds is 6. The Morgan fingerprint density at radius 1 is 1.03 bits per heavy atom. The molecule has 2 N–H and O–H groups in total. The molecule has 6 heteroatoms. The molecule has 1 aliphatic carbocycles. The first kappa shape index (κ1) is 20.0. The molecule has 3 aromatic rings. The molecule has 2 unspecified atom stereocenters. The van der Waals surface area contributed by atoms with Crippen molar-refractivity contribution < 1.29 is 9.59 Å². The summed E-state index contributed by atoms with van der Waals surface area (Å²) in [6.07, 6.45) is 0.864. The van der Waals surface area contributed by atoms with Crippen LogP contribution in [-0.2, 0) is 4.79 Å². The summed E-state index contributed by atoms with van der Waals surface area (Å²) in [6.45, 7) is 3.83. The molecular formula is C24H23N3O2S. The van der Waals surface area contributed by atoms with Crippen LogP contribution < -0.4 is 10.7 Å². The molecule has 5 nitrogen and oxygen atoms in total. The van der Waals surface area contributed by atoms with Crippen molar-refractivity contribution in [3.8, 4) is 0 Å². The van der Waals surface area contributed by atoms with E-state index in [4.69, 9.17) is 0 Å². The predicted molar refractivity (Wildman–Crippen MR) is 121 cm³/mol. The Balaban J connectivity index is 1.32. The third-order valence-corrected chi connectivity index (χ3v) is 6.10. The lowest BCUT2D eigenvalue weighted by molar-refractivity contribution is -0.122. The van der Waals surface area contributed by atoms with Crippen LogP contribution >= 0.6 is 11.3 Å². The lowest BCUT2D eigenvalue weighted by atomic mass is 10.1. The van der Waals surface area contributed by atoms with Crippen molar-refractivity contribution in [1.82, 2.24) is 5.43 Å². The zero-order valence-corrected chi connectivity index (χ0v) is 17.7. The number of carbonyl (C=O) groups is 2. The summed E-state index contributed by atoms with van der Waals surface area (Å²) in [7, 11) is 0. The van der Waals surface area contributed by atoms with Gasteiger partial charge in [-0.1, -0.05) is 42.5 Å². The van der Waals surface area contributed by atoms with E-state index in [0.29, 0.717) is 17.0 Å². The summed E-state index contributed by atoms with van der Waals surface area (Å²) in [5.74, 6) is 0.110. The van der Waals surface area contributed by atoms with Gasteiger partial charge in [-0.15, -0.1) is 11.3 Å². The monoisotopic (exact) mass is 417 g/mol. The molecule has 0 radical (unpaired) electrons. The molecule has 0 saturated heterocycles. The second kappa shape index (κ2) is 8.63. The topological polar surface area (TPSA) is 70.6 Å². The number of carbonyl (C=O) groups excluding carboxylic acids is 2. The molecule has 2 atom stereocenters. The highest BCUT2D eigenvalue weighted by Gasteiger charge is 2.43. The van der Waals surface area contributed by atoms with Crippen LogP contribution in [0.5, 0.6) is 0 Å². The molecule has 152 valence electrons. The standard InChI is InChI=1S/C24H23N3O2S/c1-15-12-19(14-30-15)23(28)25-20-10-8-17(9-11-20)16(2)26-27-24(29)22-13-21(22)18-6-4-3-5-7-18/h3-12,14,21-22H,13H2,1-2H3,(H,25,28)(H,27,29)/b26-16+. The van der Waals surface area contributed by atoms with Crippen LogP contribution in [0.3, 0.4) is 0 Å². The smallest absolute Gasteiger partial charge is 0.256 e. The summed E-state index contributed by atoms with van der Waals surface area (Å²) in [6, 6.07) is 19.4. The van der Waals surface area contributed by atoms with Crippen LogP contribution in [0.25, 0.3) is 0 Å². The molecule has 30 heavy (non-hydrogen) atoms. The number of nitrogens with one attached hydrogen (secondary N) is 2. The number of benzene rings is 2. The Bertz CT molecular complexity index is 1090. The summed E-state index contributed by atoms with van der Waals surface area (Å²) in [5.41, 5.74) is 6.87. The van der Waals surface area contributed by atoms with Gasteiger partial charge in [-0.05, 0) is 55.5 Å². The van der Waals surface area contributed by atoms with Crippen LogP contribution in [-0.4, -0.2) is 17.5 Å². The molecule has 2 amide bonds. The van der Waals surface area contributed by atoms with Gasteiger partial charge in [-0.2, -0.15) is 5.10 Å². The molecule has 1 saturated carbocycles. The Hall–Kier alpha value is -3.25. The van der Waals surface area contributed by atoms with Crippen molar-refractivity contribution in [2.24, 2.45) is 11.0 Å². The van der Waals surface area contributed by atoms with Gasteiger partial charge >= 0.3 is 0 Å². The van der Waals surface area contributed by atoms with Gasteiger partial charge in [0.2, 0.25) is 5.91 Å². The largest absolute Gasteiger partial charge is 0.322 e. The van der Waals surface area contributed by atoms with Crippen molar-refractivity contribution in [3.63, 3.8) is 0 Å². The Labute approximate surface area is 179 Å². The fourth-order valence-corrected chi connectivity index (χ4v) is 4.08. The second-order valence-electron chi connectivity index (χ2n) is 7.51. The van der Waals surface area contributed by atoms with Crippen molar-refractivity contribution in [2.45, 2.75) is 26.2 Å².